The molecule has 0 radical (unpaired) electrons. The summed E-state index contributed by atoms with van der Waals surface area (Å²) in [5.41, 5.74) is 5.70. The standard InChI is InChI=1S/C27H31NO6/c1-15-4-7-19(27-26(32)25(31)24(30)23(14-29)34-27)13-20(15)12-18-5-8-21(9-6-18)33-22-10-16(2)28-17(3)11-22/h4-11,13,23-27,29-32H,12,14H2,1-3H3/t23-,24-,25+,26-,27+/m1/s1. The van der Waals surface area contributed by atoms with Crippen LogP contribution in [-0.4, -0.2) is 56.4 Å². The third kappa shape index (κ3) is 5.29. The highest BCUT2D eigenvalue weighted by atomic mass is 16.5. The Morgan fingerprint density at radius 2 is 1.50 bits per heavy atom. The van der Waals surface area contributed by atoms with E-state index in [1.807, 2.05) is 75.4 Å². The summed E-state index contributed by atoms with van der Waals surface area (Å²) in [5.74, 6) is 1.49. The maximum atomic E-state index is 10.5. The number of pyridine rings is 1. The summed E-state index contributed by atoms with van der Waals surface area (Å²) >= 11 is 0. The van der Waals surface area contributed by atoms with Crippen LogP contribution >= 0.6 is 0 Å². The minimum atomic E-state index is -1.40. The molecule has 3 aromatic rings. The summed E-state index contributed by atoms with van der Waals surface area (Å²) in [6.45, 7) is 5.43. The lowest BCUT2D eigenvalue weighted by Gasteiger charge is -2.40. The molecule has 7 nitrogen and oxygen atoms in total. The Labute approximate surface area is 199 Å². The number of aromatic nitrogens is 1. The molecule has 1 aliphatic heterocycles. The van der Waals surface area contributed by atoms with Crippen molar-refractivity contribution in [2.75, 3.05) is 6.61 Å². The fourth-order valence-electron chi connectivity index (χ4n) is 4.32. The van der Waals surface area contributed by atoms with Crippen LogP contribution in [-0.2, 0) is 11.2 Å². The lowest BCUT2D eigenvalue weighted by Crippen LogP contribution is -2.55. The molecular weight excluding hydrogens is 434 g/mol. The molecule has 2 aromatic carbocycles. The molecule has 180 valence electrons. The smallest absolute Gasteiger partial charge is 0.131 e. The molecule has 0 amide bonds. The lowest BCUT2D eigenvalue weighted by atomic mass is 9.89. The Morgan fingerprint density at radius 3 is 2.15 bits per heavy atom. The van der Waals surface area contributed by atoms with Gasteiger partial charge in [-0.15, -0.1) is 0 Å². The quantitative estimate of drug-likeness (QED) is 0.443. The average molecular weight is 466 g/mol. The molecule has 4 rings (SSSR count). The highest BCUT2D eigenvalue weighted by Gasteiger charge is 2.43. The van der Waals surface area contributed by atoms with Gasteiger partial charge < -0.3 is 29.9 Å². The molecule has 1 aliphatic rings. The summed E-state index contributed by atoms with van der Waals surface area (Å²) in [5, 5.41) is 40.1. The molecule has 0 saturated carbocycles. The average Bonchev–Trinajstić information content (AvgIpc) is 2.80. The van der Waals surface area contributed by atoms with E-state index in [1.54, 1.807) is 0 Å². The van der Waals surface area contributed by atoms with Crippen molar-refractivity contribution >= 4 is 0 Å². The lowest BCUT2D eigenvalue weighted by molar-refractivity contribution is -0.231. The van der Waals surface area contributed by atoms with Gasteiger partial charge in [-0.05, 0) is 61.6 Å². The molecule has 0 spiro atoms. The first kappa shape index (κ1) is 24.3. The van der Waals surface area contributed by atoms with Gasteiger partial charge in [0.25, 0.3) is 0 Å². The minimum absolute atomic E-state index is 0.451. The number of aryl methyl sites for hydroxylation is 3. The first-order valence-corrected chi connectivity index (χ1v) is 11.4. The predicted octanol–water partition coefficient (Wildman–Crippen LogP) is 2.90. The Hall–Kier alpha value is -2.81. The van der Waals surface area contributed by atoms with Crippen molar-refractivity contribution in [1.82, 2.24) is 4.98 Å². The van der Waals surface area contributed by atoms with Gasteiger partial charge in [0.05, 0.1) is 6.61 Å². The summed E-state index contributed by atoms with van der Waals surface area (Å²) in [6, 6.07) is 17.4. The molecule has 5 atom stereocenters. The van der Waals surface area contributed by atoms with Gasteiger partial charge in [-0.2, -0.15) is 0 Å². The zero-order chi connectivity index (χ0) is 24.4. The predicted molar refractivity (Wildman–Crippen MR) is 127 cm³/mol. The van der Waals surface area contributed by atoms with Gasteiger partial charge in [0.2, 0.25) is 0 Å². The van der Waals surface area contributed by atoms with Crippen molar-refractivity contribution in [2.45, 2.75) is 57.7 Å². The Bertz CT molecular complexity index is 1110. The Morgan fingerprint density at radius 1 is 0.824 bits per heavy atom. The van der Waals surface area contributed by atoms with E-state index in [4.69, 9.17) is 9.47 Å². The van der Waals surface area contributed by atoms with Crippen molar-refractivity contribution in [3.63, 3.8) is 0 Å². The first-order valence-electron chi connectivity index (χ1n) is 11.4. The fraction of sp³-hybridized carbons (Fsp3) is 0.370. The molecule has 0 bridgehead atoms. The number of hydrogen-bond donors (Lipinski definition) is 4. The Balaban J connectivity index is 1.50. The summed E-state index contributed by atoms with van der Waals surface area (Å²) in [7, 11) is 0. The van der Waals surface area contributed by atoms with E-state index in [-0.39, 0.29) is 0 Å². The highest BCUT2D eigenvalue weighted by molar-refractivity contribution is 5.39. The minimum Gasteiger partial charge on any atom is -0.457 e. The normalized spacial score (nSPS) is 24.7. The van der Waals surface area contributed by atoms with Crippen molar-refractivity contribution in [1.29, 1.82) is 0 Å². The topological polar surface area (TPSA) is 112 Å². The number of benzene rings is 2. The van der Waals surface area contributed by atoms with Crippen molar-refractivity contribution < 1.29 is 29.9 Å². The zero-order valence-corrected chi connectivity index (χ0v) is 19.5. The first-order chi connectivity index (χ1) is 16.2. The van der Waals surface area contributed by atoms with E-state index in [0.29, 0.717) is 12.0 Å². The van der Waals surface area contributed by atoms with Crippen LogP contribution < -0.4 is 4.74 Å². The van der Waals surface area contributed by atoms with Gasteiger partial charge in [0.1, 0.15) is 42.0 Å². The fourth-order valence-corrected chi connectivity index (χ4v) is 4.32. The van der Waals surface area contributed by atoms with Gasteiger partial charge in [0.15, 0.2) is 0 Å². The van der Waals surface area contributed by atoms with Crippen molar-refractivity contribution in [3.8, 4) is 11.5 Å². The van der Waals surface area contributed by atoms with Crippen LogP contribution in [0.3, 0.4) is 0 Å². The van der Waals surface area contributed by atoms with E-state index in [1.165, 1.54) is 0 Å². The van der Waals surface area contributed by atoms with Gasteiger partial charge in [-0.1, -0.05) is 30.3 Å². The van der Waals surface area contributed by atoms with E-state index in [2.05, 4.69) is 4.98 Å². The second-order valence-corrected chi connectivity index (χ2v) is 8.94. The molecule has 4 N–H and O–H groups in total. The van der Waals surface area contributed by atoms with Crippen LogP contribution in [0.1, 0.15) is 39.7 Å². The molecule has 7 heteroatoms. The van der Waals surface area contributed by atoms with Gasteiger partial charge in [0, 0.05) is 23.5 Å². The third-order valence-electron chi connectivity index (χ3n) is 6.20. The number of aliphatic hydroxyl groups is 4. The largest absolute Gasteiger partial charge is 0.457 e. The maximum absolute atomic E-state index is 10.5. The molecule has 1 aromatic heterocycles. The molecule has 1 fully saturated rings. The summed E-state index contributed by atoms with van der Waals surface area (Å²) in [4.78, 5) is 4.36. The van der Waals surface area contributed by atoms with Crippen molar-refractivity contribution in [3.05, 3.63) is 88.2 Å². The zero-order valence-electron chi connectivity index (χ0n) is 19.5. The van der Waals surface area contributed by atoms with Crippen LogP contribution in [0.2, 0.25) is 0 Å². The van der Waals surface area contributed by atoms with Crippen LogP contribution in [0.5, 0.6) is 11.5 Å². The van der Waals surface area contributed by atoms with Gasteiger partial charge in [-0.3, -0.25) is 4.98 Å². The Kier molecular flexibility index (Phi) is 7.30. The van der Waals surface area contributed by atoms with E-state index >= 15 is 0 Å². The molecule has 2 heterocycles. The van der Waals surface area contributed by atoms with Crippen LogP contribution in [0, 0.1) is 20.8 Å². The molecule has 0 aliphatic carbocycles. The highest BCUT2D eigenvalue weighted by Crippen LogP contribution is 2.33. The molecule has 1 saturated heterocycles. The second kappa shape index (κ2) is 10.2. The molecular formula is C27H31NO6. The summed E-state index contributed by atoms with van der Waals surface area (Å²) in [6.07, 6.45) is -5.20. The van der Waals surface area contributed by atoms with Crippen LogP contribution in [0.25, 0.3) is 0 Å². The van der Waals surface area contributed by atoms with E-state index < -0.39 is 37.1 Å². The van der Waals surface area contributed by atoms with Gasteiger partial charge in [-0.25, -0.2) is 0 Å². The van der Waals surface area contributed by atoms with E-state index in [9.17, 15) is 20.4 Å². The number of rotatable bonds is 6. The second-order valence-electron chi connectivity index (χ2n) is 8.94. The van der Waals surface area contributed by atoms with E-state index in [0.717, 1.165) is 39.6 Å². The third-order valence-corrected chi connectivity index (χ3v) is 6.20. The summed E-state index contributed by atoms with van der Waals surface area (Å²) < 4.78 is 11.7. The number of ether oxygens (including phenoxy) is 2. The monoisotopic (exact) mass is 465 g/mol. The van der Waals surface area contributed by atoms with Crippen molar-refractivity contribution in [2.24, 2.45) is 0 Å². The maximum Gasteiger partial charge on any atom is 0.131 e. The van der Waals surface area contributed by atoms with Crippen LogP contribution in [0.4, 0.5) is 0 Å². The number of nitrogens with zero attached hydrogens (tertiary/aromatic N) is 1. The molecule has 34 heavy (non-hydrogen) atoms. The molecule has 0 unspecified atom stereocenters. The number of hydrogen-bond acceptors (Lipinski definition) is 7. The van der Waals surface area contributed by atoms with Gasteiger partial charge >= 0.3 is 0 Å². The number of aliphatic hydroxyl groups excluding tert-OH is 4. The SMILES string of the molecule is Cc1cc(Oc2ccc(Cc3cc([C@@H]4O[C@H](CO)[C@@H](O)[C@H](O)[C@H]4O)ccc3C)cc2)cc(C)n1. The van der Waals surface area contributed by atoms with Crippen LogP contribution in [0.15, 0.2) is 54.6 Å².